The first-order valence-corrected chi connectivity index (χ1v) is 9.35. The van der Waals surface area contributed by atoms with E-state index >= 15 is 0 Å². The Bertz CT molecular complexity index is 1270. The second-order valence-corrected chi connectivity index (χ2v) is 6.99. The van der Waals surface area contributed by atoms with E-state index in [0.29, 0.717) is 17.3 Å². The number of ether oxygens (including phenoxy) is 1. The Labute approximate surface area is 159 Å². The van der Waals surface area contributed by atoms with Crippen LogP contribution < -0.4 is 4.74 Å². The van der Waals surface area contributed by atoms with Crippen LogP contribution in [0.15, 0.2) is 66.4 Å². The molecular weight excluding hydrogens is 356 g/mol. The maximum atomic E-state index is 6.29. The largest absolute Gasteiger partial charge is 0.436 e. The highest BCUT2D eigenvalue weighted by atomic mass is 32.1. The van der Waals surface area contributed by atoms with Crippen molar-refractivity contribution in [1.29, 1.82) is 0 Å². The van der Waals surface area contributed by atoms with Gasteiger partial charge in [-0.25, -0.2) is 19.9 Å². The van der Waals surface area contributed by atoms with E-state index in [9.17, 15) is 0 Å². The molecule has 6 heteroatoms. The number of nitrogens with zero attached hydrogens (tertiary/aromatic N) is 4. The smallest absolute Gasteiger partial charge is 0.231 e. The number of fused-ring (bicyclic) bond motifs is 2. The third kappa shape index (κ3) is 2.80. The summed E-state index contributed by atoms with van der Waals surface area (Å²) in [6.45, 7) is 2.04. The average molecular weight is 370 g/mol. The molecule has 0 saturated carbocycles. The summed E-state index contributed by atoms with van der Waals surface area (Å²) < 4.78 is 6.29. The molecule has 0 unspecified atom stereocenters. The second-order valence-electron chi connectivity index (χ2n) is 6.13. The van der Waals surface area contributed by atoms with Gasteiger partial charge < -0.3 is 4.74 Å². The van der Waals surface area contributed by atoms with Crippen LogP contribution in [0.1, 0.15) is 5.56 Å². The molecular formula is C21H14N4OS. The molecule has 0 saturated heterocycles. The molecule has 4 heterocycles. The zero-order chi connectivity index (χ0) is 18.2. The van der Waals surface area contributed by atoms with Gasteiger partial charge in [-0.15, -0.1) is 11.3 Å². The van der Waals surface area contributed by atoms with Crippen LogP contribution in [0.5, 0.6) is 11.6 Å². The Morgan fingerprint density at radius 3 is 2.74 bits per heavy atom. The molecule has 27 heavy (non-hydrogen) atoms. The molecule has 5 nitrogen and oxygen atoms in total. The summed E-state index contributed by atoms with van der Waals surface area (Å²) in [5.41, 5.74) is 3.49. The predicted octanol–water partition coefficient (Wildman–Crippen LogP) is 5.40. The van der Waals surface area contributed by atoms with Crippen LogP contribution in [0.2, 0.25) is 0 Å². The molecule has 0 N–H and O–H groups in total. The number of benzene rings is 1. The molecule has 0 fully saturated rings. The van der Waals surface area contributed by atoms with Gasteiger partial charge in [-0.1, -0.05) is 30.3 Å². The molecule has 0 spiro atoms. The number of thiophene rings is 1. The first-order chi connectivity index (χ1) is 13.3. The quantitative estimate of drug-likeness (QED) is 0.425. The van der Waals surface area contributed by atoms with E-state index in [1.807, 2.05) is 55.5 Å². The summed E-state index contributed by atoms with van der Waals surface area (Å²) in [5, 5.41) is 3.92. The third-order valence-electron chi connectivity index (χ3n) is 4.33. The highest BCUT2D eigenvalue weighted by Gasteiger charge is 2.16. The third-order valence-corrected chi connectivity index (χ3v) is 5.33. The Hall–Kier alpha value is -3.38. The van der Waals surface area contributed by atoms with Crippen molar-refractivity contribution in [3.63, 3.8) is 0 Å². The number of rotatable bonds is 3. The monoisotopic (exact) mass is 370 g/mol. The zero-order valence-electron chi connectivity index (χ0n) is 14.5. The van der Waals surface area contributed by atoms with E-state index in [1.165, 1.54) is 6.33 Å². The Morgan fingerprint density at radius 1 is 0.963 bits per heavy atom. The van der Waals surface area contributed by atoms with Crippen LogP contribution >= 0.6 is 11.3 Å². The zero-order valence-corrected chi connectivity index (χ0v) is 15.3. The van der Waals surface area contributed by atoms with Gasteiger partial charge in [-0.05, 0) is 36.1 Å². The summed E-state index contributed by atoms with van der Waals surface area (Å²) in [6, 6.07) is 15.8. The van der Waals surface area contributed by atoms with Gasteiger partial charge in [0, 0.05) is 17.1 Å². The van der Waals surface area contributed by atoms with Gasteiger partial charge >= 0.3 is 0 Å². The van der Waals surface area contributed by atoms with Gasteiger partial charge in [0.25, 0.3) is 0 Å². The summed E-state index contributed by atoms with van der Waals surface area (Å²) in [6.07, 6.45) is 3.28. The Kier molecular flexibility index (Phi) is 3.76. The fourth-order valence-electron chi connectivity index (χ4n) is 3.03. The molecule has 130 valence electrons. The normalized spacial score (nSPS) is 11.1. The molecule has 4 aromatic heterocycles. The van der Waals surface area contributed by atoms with Gasteiger partial charge in [0.05, 0.1) is 5.39 Å². The minimum atomic E-state index is 0.543. The van der Waals surface area contributed by atoms with Crippen LogP contribution in [0.25, 0.3) is 32.5 Å². The van der Waals surface area contributed by atoms with Crippen LogP contribution in [0.3, 0.4) is 0 Å². The number of pyridine rings is 2. The summed E-state index contributed by atoms with van der Waals surface area (Å²) in [5.74, 6) is 1.19. The molecule has 0 aliphatic heterocycles. The summed E-state index contributed by atoms with van der Waals surface area (Å²) in [7, 11) is 0. The fraction of sp³-hybridized carbons (Fsp3) is 0.0476. The molecule has 0 aliphatic rings. The lowest BCUT2D eigenvalue weighted by atomic mass is 10.1. The Balaban J connectivity index is 1.72. The van der Waals surface area contributed by atoms with Gasteiger partial charge in [0.1, 0.15) is 16.9 Å². The van der Waals surface area contributed by atoms with Crippen molar-refractivity contribution in [3.8, 4) is 22.9 Å². The minimum Gasteiger partial charge on any atom is -0.436 e. The minimum absolute atomic E-state index is 0.543. The second kappa shape index (κ2) is 6.41. The van der Waals surface area contributed by atoms with E-state index < -0.39 is 0 Å². The summed E-state index contributed by atoms with van der Waals surface area (Å²) >= 11 is 1.59. The maximum absolute atomic E-state index is 6.29. The van der Waals surface area contributed by atoms with E-state index in [0.717, 1.165) is 32.4 Å². The topological polar surface area (TPSA) is 60.8 Å². The molecule has 0 amide bonds. The molecule has 0 atom stereocenters. The molecule has 1 aromatic carbocycles. The van der Waals surface area contributed by atoms with Crippen molar-refractivity contribution in [2.75, 3.05) is 0 Å². The van der Waals surface area contributed by atoms with E-state index in [1.54, 1.807) is 17.5 Å². The lowest BCUT2D eigenvalue weighted by Gasteiger charge is -2.12. The van der Waals surface area contributed by atoms with Crippen LogP contribution in [-0.4, -0.2) is 19.9 Å². The Morgan fingerprint density at radius 2 is 1.85 bits per heavy atom. The van der Waals surface area contributed by atoms with Crippen molar-refractivity contribution in [3.05, 3.63) is 72.0 Å². The highest BCUT2D eigenvalue weighted by molar-refractivity contribution is 7.17. The van der Waals surface area contributed by atoms with Crippen LogP contribution in [0, 0.1) is 6.92 Å². The number of aryl methyl sites for hydroxylation is 1. The van der Waals surface area contributed by atoms with Crippen molar-refractivity contribution in [1.82, 2.24) is 19.9 Å². The van der Waals surface area contributed by atoms with Crippen molar-refractivity contribution < 1.29 is 4.74 Å². The molecule has 0 bridgehead atoms. The molecule has 5 aromatic rings. The van der Waals surface area contributed by atoms with Gasteiger partial charge in [-0.2, -0.15) is 0 Å². The van der Waals surface area contributed by atoms with E-state index in [2.05, 4.69) is 20.3 Å². The van der Waals surface area contributed by atoms with Gasteiger partial charge in [0.15, 0.2) is 11.4 Å². The van der Waals surface area contributed by atoms with Gasteiger partial charge in [-0.3, -0.25) is 0 Å². The fourth-order valence-corrected chi connectivity index (χ4v) is 3.91. The maximum Gasteiger partial charge on any atom is 0.231 e. The molecule has 5 rings (SSSR count). The number of aromatic nitrogens is 4. The average Bonchev–Trinajstić information content (AvgIpc) is 3.10. The first-order valence-electron chi connectivity index (χ1n) is 8.47. The number of hydrogen-bond acceptors (Lipinski definition) is 6. The van der Waals surface area contributed by atoms with Crippen molar-refractivity contribution in [2.24, 2.45) is 0 Å². The molecule has 0 aliphatic carbocycles. The first kappa shape index (κ1) is 15.8. The van der Waals surface area contributed by atoms with Crippen LogP contribution in [0.4, 0.5) is 0 Å². The van der Waals surface area contributed by atoms with E-state index in [4.69, 9.17) is 9.72 Å². The van der Waals surface area contributed by atoms with E-state index in [-0.39, 0.29) is 0 Å². The standard InChI is InChI=1S/C21H14N4OS/c1-13-11-27-21-17(13)20(23-12-24-21)26-16-10-15-8-5-9-22-19(15)25-18(16)14-6-3-2-4-7-14/h2-12H,1H3. The summed E-state index contributed by atoms with van der Waals surface area (Å²) in [4.78, 5) is 18.8. The lowest BCUT2D eigenvalue weighted by molar-refractivity contribution is 0.469. The molecule has 0 radical (unpaired) electrons. The number of hydrogen-bond donors (Lipinski definition) is 0. The van der Waals surface area contributed by atoms with Gasteiger partial charge in [0.2, 0.25) is 5.88 Å². The van der Waals surface area contributed by atoms with Crippen molar-refractivity contribution in [2.45, 2.75) is 6.92 Å². The van der Waals surface area contributed by atoms with Crippen LogP contribution in [-0.2, 0) is 0 Å². The lowest BCUT2D eigenvalue weighted by Crippen LogP contribution is -1.96. The van der Waals surface area contributed by atoms with Crippen molar-refractivity contribution >= 4 is 32.6 Å². The highest BCUT2D eigenvalue weighted by Crippen LogP contribution is 2.37. The SMILES string of the molecule is Cc1csc2ncnc(Oc3cc4cccnc4nc3-c3ccccc3)c12. The predicted molar refractivity (Wildman–Crippen MR) is 107 cm³/mol.